The van der Waals surface area contributed by atoms with Gasteiger partial charge in [0, 0.05) is 31.6 Å². The number of amides is 1. The minimum atomic E-state index is 0.671. The third kappa shape index (κ3) is 9.75. The zero-order valence-electron chi connectivity index (χ0n) is 21.3. The molecule has 3 aromatic rings. The molecule has 2 heterocycles. The summed E-state index contributed by atoms with van der Waals surface area (Å²) in [7, 11) is 4.17. The normalized spacial score (nSPS) is 10.9. The number of likely N-dealkylation sites (N-methyl/N-ethyl adjacent to an activating group) is 2. The van der Waals surface area contributed by atoms with Crippen LogP contribution >= 0.6 is 11.3 Å². The standard InChI is InChI=1S/C21H34N6O.C5H6S/c1-5-26(14-15-27(6-2)17-28)16-20-23-19-11-8-7-10-18(19)21(24-20)22-12-9-13-25(3)4;1-5-2-3-6-4-5/h7-8,10-11,17H,5-6,9,12-16H2,1-4H3,(H,22,23,24);2-4H,1H3. The van der Waals surface area contributed by atoms with Crippen LogP contribution in [0.15, 0.2) is 41.1 Å². The molecular formula is C26H40N6OS. The van der Waals surface area contributed by atoms with Crippen molar-refractivity contribution in [1.82, 2.24) is 24.7 Å². The molecule has 1 aromatic carbocycles. The molecule has 3 rings (SSSR count). The Morgan fingerprint density at radius 1 is 1.03 bits per heavy atom. The van der Waals surface area contributed by atoms with Gasteiger partial charge in [-0.3, -0.25) is 9.69 Å². The molecule has 0 aliphatic carbocycles. The Morgan fingerprint density at radius 2 is 1.82 bits per heavy atom. The van der Waals surface area contributed by atoms with E-state index in [2.05, 4.69) is 66.0 Å². The number of nitrogens with zero attached hydrogens (tertiary/aromatic N) is 5. The van der Waals surface area contributed by atoms with E-state index in [1.54, 1.807) is 16.2 Å². The van der Waals surface area contributed by atoms with Crippen molar-refractivity contribution in [3.8, 4) is 0 Å². The van der Waals surface area contributed by atoms with E-state index in [1.807, 2.05) is 25.1 Å². The predicted octanol–water partition coefficient (Wildman–Crippen LogP) is 4.35. The Morgan fingerprint density at radius 3 is 2.41 bits per heavy atom. The molecule has 1 N–H and O–H groups in total. The van der Waals surface area contributed by atoms with Crippen LogP contribution < -0.4 is 5.32 Å². The van der Waals surface area contributed by atoms with Gasteiger partial charge in [0.15, 0.2) is 0 Å². The Kier molecular flexibility index (Phi) is 12.5. The molecule has 0 radical (unpaired) electrons. The molecule has 0 atom stereocenters. The average molecular weight is 485 g/mol. The van der Waals surface area contributed by atoms with Gasteiger partial charge in [0.25, 0.3) is 0 Å². The summed E-state index contributed by atoms with van der Waals surface area (Å²) in [6, 6.07) is 10.2. The van der Waals surface area contributed by atoms with E-state index in [0.29, 0.717) is 6.54 Å². The van der Waals surface area contributed by atoms with Crippen LogP contribution in [0.3, 0.4) is 0 Å². The van der Waals surface area contributed by atoms with Crippen molar-refractivity contribution in [3.63, 3.8) is 0 Å². The monoisotopic (exact) mass is 484 g/mol. The van der Waals surface area contributed by atoms with E-state index in [-0.39, 0.29) is 0 Å². The molecule has 7 nitrogen and oxygen atoms in total. The van der Waals surface area contributed by atoms with Crippen LogP contribution in [-0.4, -0.2) is 84.4 Å². The van der Waals surface area contributed by atoms with Crippen molar-refractivity contribution in [3.05, 3.63) is 52.5 Å². The molecule has 186 valence electrons. The molecule has 8 heteroatoms. The fourth-order valence-corrected chi connectivity index (χ4v) is 4.03. The number of carbonyl (C=O) groups excluding carboxylic acids is 1. The van der Waals surface area contributed by atoms with Crippen molar-refractivity contribution in [2.45, 2.75) is 33.7 Å². The molecule has 0 bridgehead atoms. The quantitative estimate of drug-likeness (QED) is 0.287. The highest BCUT2D eigenvalue weighted by atomic mass is 32.1. The average Bonchev–Trinajstić information content (AvgIpc) is 3.32. The van der Waals surface area contributed by atoms with E-state index in [4.69, 9.17) is 9.97 Å². The van der Waals surface area contributed by atoms with Gasteiger partial charge in [-0.1, -0.05) is 19.1 Å². The number of anilines is 1. The summed E-state index contributed by atoms with van der Waals surface area (Å²) >= 11 is 1.74. The summed E-state index contributed by atoms with van der Waals surface area (Å²) in [4.78, 5) is 26.8. The maximum Gasteiger partial charge on any atom is 0.209 e. The van der Waals surface area contributed by atoms with Crippen molar-refractivity contribution < 1.29 is 4.79 Å². The first-order chi connectivity index (χ1) is 16.5. The van der Waals surface area contributed by atoms with Crippen LogP contribution in [0.25, 0.3) is 10.9 Å². The van der Waals surface area contributed by atoms with E-state index < -0.39 is 0 Å². The van der Waals surface area contributed by atoms with E-state index in [0.717, 1.165) is 74.6 Å². The molecule has 0 fully saturated rings. The summed E-state index contributed by atoms with van der Waals surface area (Å²) in [6.07, 6.45) is 1.97. The topological polar surface area (TPSA) is 64.6 Å². The number of benzene rings is 1. The highest BCUT2D eigenvalue weighted by Gasteiger charge is 2.12. The Hall–Kier alpha value is -2.55. The van der Waals surface area contributed by atoms with Gasteiger partial charge in [0.1, 0.15) is 11.6 Å². The predicted molar refractivity (Wildman–Crippen MR) is 145 cm³/mol. The van der Waals surface area contributed by atoms with Crippen molar-refractivity contribution >= 4 is 34.5 Å². The molecule has 0 aliphatic rings. The lowest BCUT2D eigenvalue weighted by atomic mass is 10.2. The summed E-state index contributed by atoms with van der Waals surface area (Å²) in [5, 5.41) is 8.75. The molecule has 0 unspecified atom stereocenters. The number of aromatic nitrogens is 2. The van der Waals surface area contributed by atoms with Crippen LogP contribution in [0, 0.1) is 6.92 Å². The number of thiophene rings is 1. The lowest BCUT2D eigenvalue weighted by Gasteiger charge is -2.23. The number of aryl methyl sites for hydroxylation is 1. The van der Waals surface area contributed by atoms with Gasteiger partial charge in [-0.25, -0.2) is 9.97 Å². The third-order valence-electron chi connectivity index (χ3n) is 5.46. The summed E-state index contributed by atoms with van der Waals surface area (Å²) in [5.41, 5.74) is 2.32. The smallest absolute Gasteiger partial charge is 0.209 e. The number of para-hydroxylation sites is 1. The number of rotatable bonds is 13. The van der Waals surface area contributed by atoms with Gasteiger partial charge in [-0.15, -0.1) is 0 Å². The highest BCUT2D eigenvalue weighted by Crippen LogP contribution is 2.20. The highest BCUT2D eigenvalue weighted by molar-refractivity contribution is 7.07. The number of carbonyl (C=O) groups is 1. The second-order valence-electron chi connectivity index (χ2n) is 8.49. The molecule has 0 aliphatic heterocycles. The zero-order chi connectivity index (χ0) is 24.8. The SMILES string of the molecule is CCN(C=O)CCN(CC)Cc1nc(NCCCN(C)C)c2ccccc2n1.Cc1ccsc1. The molecule has 0 saturated heterocycles. The van der Waals surface area contributed by atoms with Crippen LogP contribution in [0.5, 0.6) is 0 Å². The van der Waals surface area contributed by atoms with Gasteiger partial charge in [0.05, 0.1) is 12.1 Å². The summed E-state index contributed by atoms with van der Waals surface area (Å²) in [6.45, 7) is 11.9. The minimum absolute atomic E-state index is 0.671. The van der Waals surface area contributed by atoms with E-state index in [9.17, 15) is 4.79 Å². The van der Waals surface area contributed by atoms with Gasteiger partial charge in [0.2, 0.25) is 6.41 Å². The number of nitrogens with one attached hydrogen (secondary N) is 1. The van der Waals surface area contributed by atoms with Crippen molar-refractivity contribution in [2.24, 2.45) is 0 Å². The van der Waals surface area contributed by atoms with Gasteiger partial charge >= 0.3 is 0 Å². The fourth-order valence-electron chi connectivity index (χ4n) is 3.37. The molecule has 34 heavy (non-hydrogen) atoms. The van der Waals surface area contributed by atoms with Gasteiger partial charge in [-0.2, -0.15) is 11.3 Å². The molecule has 1 amide bonds. The lowest BCUT2D eigenvalue weighted by Crippen LogP contribution is -2.34. The van der Waals surface area contributed by atoms with Crippen molar-refractivity contribution in [1.29, 1.82) is 0 Å². The van der Waals surface area contributed by atoms with Crippen LogP contribution in [-0.2, 0) is 11.3 Å². The van der Waals surface area contributed by atoms with Crippen LogP contribution in [0.4, 0.5) is 5.82 Å². The zero-order valence-corrected chi connectivity index (χ0v) is 22.1. The Balaban J connectivity index is 0.000000589. The molecule has 2 aromatic heterocycles. The first-order valence-corrected chi connectivity index (χ1v) is 13.0. The second kappa shape index (κ2) is 15.4. The van der Waals surface area contributed by atoms with Gasteiger partial charge in [-0.05, 0) is 82.0 Å². The summed E-state index contributed by atoms with van der Waals surface area (Å²) in [5.74, 6) is 1.71. The van der Waals surface area contributed by atoms with E-state index in [1.165, 1.54) is 5.56 Å². The molecule has 0 spiro atoms. The first-order valence-electron chi connectivity index (χ1n) is 12.0. The van der Waals surface area contributed by atoms with Crippen LogP contribution in [0.2, 0.25) is 0 Å². The largest absolute Gasteiger partial charge is 0.369 e. The lowest BCUT2D eigenvalue weighted by molar-refractivity contribution is -0.118. The fraction of sp³-hybridized carbons (Fsp3) is 0.500. The maximum atomic E-state index is 11.0. The number of hydrogen-bond acceptors (Lipinski definition) is 7. The first kappa shape index (κ1) is 27.7. The number of fused-ring (bicyclic) bond motifs is 1. The van der Waals surface area contributed by atoms with Gasteiger partial charge < -0.3 is 15.1 Å². The Labute approximate surface area is 208 Å². The molecule has 0 saturated carbocycles. The summed E-state index contributed by atoms with van der Waals surface area (Å²) < 4.78 is 0. The Bertz CT molecular complexity index is 963. The maximum absolute atomic E-state index is 11.0. The second-order valence-corrected chi connectivity index (χ2v) is 9.27. The minimum Gasteiger partial charge on any atom is -0.369 e. The van der Waals surface area contributed by atoms with Crippen molar-refractivity contribution in [2.75, 3.05) is 58.7 Å². The third-order valence-corrected chi connectivity index (χ3v) is 6.26. The number of hydrogen-bond donors (Lipinski definition) is 1. The van der Waals surface area contributed by atoms with E-state index >= 15 is 0 Å². The molecular weight excluding hydrogens is 444 g/mol. The van der Waals surface area contributed by atoms with Crippen LogP contribution in [0.1, 0.15) is 31.7 Å².